The van der Waals surface area contributed by atoms with Crippen LogP contribution in [0.2, 0.25) is 0 Å². The molecular weight excluding hydrogens is 430 g/mol. The van der Waals surface area contributed by atoms with Crippen LogP contribution in [0.3, 0.4) is 0 Å². The Hall–Kier alpha value is -3.48. The zero-order valence-electron chi connectivity index (χ0n) is 19.5. The Morgan fingerprint density at radius 2 is 1.76 bits per heavy atom. The van der Waals surface area contributed by atoms with Gasteiger partial charge in [0.05, 0.1) is 30.2 Å². The second-order valence-electron chi connectivity index (χ2n) is 9.82. The average molecular weight is 458 g/mol. The second-order valence-corrected chi connectivity index (χ2v) is 9.82. The first kappa shape index (κ1) is 21.1. The first-order valence-electron chi connectivity index (χ1n) is 12.0. The van der Waals surface area contributed by atoms with Gasteiger partial charge in [-0.15, -0.1) is 0 Å². The van der Waals surface area contributed by atoms with Gasteiger partial charge in [0.2, 0.25) is 0 Å². The molecule has 1 aliphatic heterocycles. The zero-order chi connectivity index (χ0) is 23.7. The first-order valence-corrected chi connectivity index (χ1v) is 12.0. The number of hydrogen-bond acceptors (Lipinski definition) is 5. The molecule has 7 nitrogen and oxygen atoms in total. The number of ether oxygens (including phenoxy) is 1. The maximum atomic E-state index is 13.2. The summed E-state index contributed by atoms with van der Waals surface area (Å²) >= 11 is 0. The number of imide groups is 1. The SMILES string of the molecule is CCOC(=O)c1cccc(-n2c(C)cc(/C=N\N3C(=O)[C@@H]4[C@H]5C=C[C@@H]([C@@H]6C[C@@H]56)[C@@H]4C3=O)c2C)c1. The number of aryl methyl sites for hydroxylation is 1. The minimum atomic E-state index is -0.359. The molecule has 0 unspecified atom stereocenters. The number of hydrogen-bond donors (Lipinski definition) is 0. The molecule has 7 rings (SSSR count). The minimum Gasteiger partial charge on any atom is -0.462 e. The van der Waals surface area contributed by atoms with E-state index in [-0.39, 0.29) is 41.5 Å². The molecule has 2 aromatic rings. The molecule has 5 aliphatic rings. The van der Waals surface area contributed by atoms with Gasteiger partial charge in [0.25, 0.3) is 11.8 Å². The van der Waals surface area contributed by atoms with E-state index in [1.807, 2.05) is 36.6 Å². The second kappa shape index (κ2) is 7.52. The summed E-state index contributed by atoms with van der Waals surface area (Å²) in [6, 6.07) is 9.24. The molecule has 4 aliphatic carbocycles. The Balaban J connectivity index is 1.27. The number of allylic oxidation sites excluding steroid dienone is 2. The third-order valence-electron chi connectivity index (χ3n) is 8.04. The van der Waals surface area contributed by atoms with E-state index in [1.54, 1.807) is 25.3 Å². The predicted octanol–water partition coefficient (Wildman–Crippen LogP) is 3.66. The van der Waals surface area contributed by atoms with Crippen LogP contribution in [0.25, 0.3) is 5.69 Å². The molecule has 0 radical (unpaired) electrons. The molecule has 174 valence electrons. The summed E-state index contributed by atoms with van der Waals surface area (Å²) in [5.74, 6) is 0.341. The maximum absolute atomic E-state index is 13.2. The number of benzene rings is 1. The topological polar surface area (TPSA) is 81.0 Å². The van der Waals surface area contributed by atoms with Gasteiger partial charge < -0.3 is 9.30 Å². The van der Waals surface area contributed by atoms with Gasteiger partial charge >= 0.3 is 5.97 Å². The summed E-state index contributed by atoms with van der Waals surface area (Å²) in [4.78, 5) is 38.5. The molecule has 0 spiro atoms. The summed E-state index contributed by atoms with van der Waals surface area (Å²) in [5, 5.41) is 5.50. The molecule has 1 aromatic heterocycles. The molecule has 1 aromatic carbocycles. The molecular formula is C27H27N3O4. The van der Waals surface area contributed by atoms with Crippen molar-refractivity contribution >= 4 is 24.0 Å². The first-order chi connectivity index (χ1) is 16.4. The van der Waals surface area contributed by atoms with E-state index in [1.165, 1.54) is 0 Å². The predicted molar refractivity (Wildman–Crippen MR) is 125 cm³/mol. The van der Waals surface area contributed by atoms with Crippen molar-refractivity contribution in [1.29, 1.82) is 0 Å². The number of aromatic nitrogens is 1. The molecule has 1 saturated heterocycles. The number of nitrogens with zero attached hydrogens (tertiary/aromatic N) is 3. The van der Waals surface area contributed by atoms with Crippen molar-refractivity contribution in [1.82, 2.24) is 9.58 Å². The van der Waals surface area contributed by atoms with Gasteiger partial charge in [-0.1, -0.05) is 18.2 Å². The standard InChI is InChI=1S/C27H27N3O4/c1-4-34-27(33)16-6-5-7-18(11-16)29-14(2)10-17(15(29)3)13-28-30-25(31)23-19-8-9-20(22-12-21(19)22)24(23)26(30)32/h5-11,13,19-24H,4,12H2,1-3H3/b28-13-/t19-,20-,21-,22-,23-,24+/m0/s1. The van der Waals surface area contributed by atoms with Crippen LogP contribution in [0.1, 0.15) is 40.7 Å². The lowest BCUT2D eigenvalue weighted by Gasteiger charge is -2.37. The van der Waals surface area contributed by atoms with E-state index >= 15 is 0 Å². The van der Waals surface area contributed by atoms with E-state index in [0.717, 1.165) is 34.1 Å². The fourth-order valence-corrected chi connectivity index (χ4v) is 6.48. The van der Waals surface area contributed by atoms with E-state index in [0.29, 0.717) is 24.0 Å². The number of hydrazone groups is 1. The zero-order valence-corrected chi connectivity index (χ0v) is 19.5. The van der Waals surface area contributed by atoms with Gasteiger partial charge in [-0.05, 0) is 75.1 Å². The molecule has 34 heavy (non-hydrogen) atoms. The largest absolute Gasteiger partial charge is 0.462 e. The van der Waals surface area contributed by atoms with Crippen LogP contribution in [-0.4, -0.2) is 40.2 Å². The number of rotatable bonds is 5. The Bertz CT molecular complexity index is 1250. The molecule has 0 N–H and O–H groups in total. The fraction of sp³-hybridized carbons (Fsp3) is 0.407. The third kappa shape index (κ3) is 2.95. The number of esters is 1. The van der Waals surface area contributed by atoms with Gasteiger partial charge in [-0.2, -0.15) is 10.1 Å². The number of amides is 2. The molecule has 3 fully saturated rings. The lowest BCUT2D eigenvalue weighted by atomic mass is 9.63. The lowest BCUT2D eigenvalue weighted by molar-refractivity contribution is -0.140. The van der Waals surface area contributed by atoms with Crippen LogP contribution in [0, 0.1) is 49.4 Å². The molecule has 7 heteroatoms. The fourth-order valence-electron chi connectivity index (χ4n) is 6.48. The monoisotopic (exact) mass is 457 g/mol. The van der Waals surface area contributed by atoms with Gasteiger partial charge in [0.15, 0.2) is 0 Å². The van der Waals surface area contributed by atoms with Crippen LogP contribution in [0.5, 0.6) is 0 Å². The third-order valence-corrected chi connectivity index (χ3v) is 8.04. The Kier molecular flexibility index (Phi) is 4.66. The highest BCUT2D eigenvalue weighted by molar-refractivity contribution is 6.06. The van der Waals surface area contributed by atoms with E-state index in [9.17, 15) is 14.4 Å². The van der Waals surface area contributed by atoms with Crippen LogP contribution in [-0.2, 0) is 14.3 Å². The minimum absolute atomic E-state index is 0.160. The van der Waals surface area contributed by atoms with Crippen molar-refractivity contribution in [3.8, 4) is 5.69 Å². The van der Waals surface area contributed by atoms with E-state index in [4.69, 9.17) is 4.74 Å². The van der Waals surface area contributed by atoms with Crippen LogP contribution in [0.4, 0.5) is 0 Å². The maximum Gasteiger partial charge on any atom is 0.338 e. The van der Waals surface area contributed by atoms with Crippen molar-refractivity contribution in [2.24, 2.45) is 40.6 Å². The van der Waals surface area contributed by atoms with Gasteiger partial charge in [0, 0.05) is 22.6 Å². The molecule has 2 heterocycles. The van der Waals surface area contributed by atoms with Crippen LogP contribution in [0.15, 0.2) is 47.6 Å². The molecule has 6 atom stereocenters. The molecule has 2 amide bonds. The van der Waals surface area contributed by atoms with E-state index < -0.39 is 0 Å². The van der Waals surface area contributed by atoms with Gasteiger partial charge in [-0.3, -0.25) is 9.59 Å². The number of carbonyl (C=O) groups is 3. The highest BCUT2D eigenvalue weighted by Crippen LogP contribution is 2.65. The smallest absolute Gasteiger partial charge is 0.338 e. The summed E-state index contributed by atoms with van der Waals surface area (Å²) in [7, 11) is 0. The van der Waals surface area contributed by atoms with E-state index in [2.05, 4.69) is 17.3 Å². The number of carbonyl (C=O) groups excluding carboxylic acids is 3. The highest BCUT2D eigenvalue weighted by atomic mass is 16.5. The molecule has 2 bridgehead atoms. The van der Waals surface area contributed by atoms with Gasteiger partial charge in [0.1, 0.15) is 0 Å². The van der Waals surface area contributed by atoms with Gasteiger partial charge in [-0.25, -0.2) is 4.79 Å². The summed E-state index contributed by atoms with van der Waals surface area (Å²) < 4.78 is 7.15. The summed E-state index contributed by atoms with van der Waals surface area (Å²) in [5.41, 5.74) is 4.00. The Morgan fingerprint density at radius 1 is 1.09 bits per heavy atom. The summed E-state index contributed by atoms with van der Waals surface area (Å²) in [6.07, 6.45) is 7.08. The summed E-state index contributed by atoms with van der Waals surface area (Å²) in [6.45, 7) is 6.02. The Morgan fingerprint density at radius 3 is 2.41 bits per heavy atom. The van der Waals surface area contributed by atoms with Crippen molar-refractivity contribution < 1.29 is 19.1 Å². The lowest BCUT2D eigenvalue weighted by Crippen LogP contribution is -2.40. The van der Waals surface area contributed by atoms with Crippen LogP contribution >= 0.6 is 0 Å². The van der Waals surface area contributed by atoms with Crippen molar-refractivity contribution in [3.05, 3.63) is 65.0 Å². The normalized spacial score (nSPS) is 30.7. The quantitative estimate of drug-likeness (QED) is 0.297. The van der Waals surface area contributed by atoms with Crippen molar-refractivity contribution in [2.75, 3.05) is 6.61 Å². The Labute approximate surface area is 198 Å². The molecule has 2 saturated carbocycles. The average Bonchev–Trinajstić information content (AvgIpc) is 3.56. The highest BCUT2D eigenvalue weighted by Gasteiger charge is 2.67. The van der Waals surface area contributed by atoms with Crippen molar-refractivity contribution in [2.45, 2.75) is 27.2 Å². The van der Waals surface area contributed by atoms with Crippen molar-refractivity contribution in [3.63, 3.8) is 0 Å². The van der Waals surface area contributed by atoms with Crippen LogP contribution < -0.4 is 0 Å².